The lowest BCUT2D eigenvalue weighted by Crippen LogP contribution is -2.28. The van der Waals surface area contributed by atoms with Crippen molar-refractivity contribution in [2.24, 2.45) is 0 Å². The Kier molecular flexibility index (Phi) is 5.45. The number of amides is 1. The van der Waals surface area contributed by atoms with Crippen LogP contribution in [0.15, 0.2) is 58.8 Å². The second-order valence-electron chi connectivity index (χ2n) is 6.37. The van der Waals surface area contributed by atoms with Crippen molar-refractivity contribution in [3.8, 4) is 5.75 Å². The molecule has 29 heavy (non-hydrogen) atoms. The van der Waals surface area contributed by atoms with Crippen LogP contribution in [0.3, 0.4) is 0 Å². The molecule has 148 valence electrons. The smallest absolute Gasteiger partial charge is 0.296 e. The summed E-state index contributed by atoms with van der Waals surface area (Å²) in [6, 6.07) is 11.6. The molecule has 1 amide bonds. The number of ketones is 1. The molecular weight excluding hydrogens is 430 g/mol. The minimum atomic E-state index is -0.726. The van der Waals surface area contributed by atoms with Crippen molar-refractivity contribution >= 4 is 51.7 Å². The maximum absolute atomic E-state index is 13.0. The number of hydrogen-bond acceptors (Lipinski definition) is 6. The van der Waals surface area contributed by atoms with Gasteiger partial charge in [0.05, 0.1) is 24.3 Å². The number of ether oxygens (including phenoxy) is 1. The molecule has 0 bridgehead atoms. The van der Waals surface area contributed by atoms with Crippen molar-refractivity contribution in [3.05, 3.63) is 79.1 Å². The standard InChI is InChI=1S/C21H16ClNO4S2/c1-27-12-6-7-15(22)14(10-12)19(24)17-18(16-5-3-9-29-16)23(21(26)20(17)25)11-13-4-2-8-28-13/h2-10,18,24H,11H2,1H3/b19-17-. The maximum atomic E-state index is 13.0. The molecule has 0 saturated carbocycles. The molecule has 1 atom stereocenters. The van der Waals surface area contributed by atoms with Crippen LogP contribution in [-0.2, 0) is 16.1 Å². The number of aliphatic hydroxyl groups is 1. The molecule has 0 aliphatic carbocycles. The number of halogens is 1. The van der Waals surface area contributed by atoms with E-state index in [4.69, 9.17) is 16.3 Å². The van der Waals surface area contributed by atoms with E-state index in [0.717, 1.165) is 9.75 Å². The van der Waals surface area contributed by atoms with Crippen LogP contribution >= 0.6 is 34.3 Å². The first kappa shape index (κ1) is 19.7. The quantitative estimate of drug-likeness (QED) is 0.337. The zero-order chi connectivity index (χ0) is 20.5. The number of thiophene rings is 2. The molecule has 0 spiro atoms. The summed E-state index contributed by atoms with van der Waals surface area (Å²) in [6.45, 7) is 0.285. The van der Waals surface area contributed by atoms with Crippen molar-refractivity contribution in [3.63, 3.8) is 0 Å². The second kappa shape index (κ2) is 8.02. The number of hydrogen-bond donors (Lipinski definition) is 1. The number of Topliss-reactive ketones (excluding diaryl/α,β-unsaturated/α-hetero) is 1. The molecule has 8 heteroatoms. The normalized spacial score (nSPS) is 18.4. The van der Waals surface area contributed by atoms with E-state index in [-0.39, 0.29) is 28.5 Å². The van der Waals surface area contributed by atoms with Crippen LogP contribution in [0, 0.1) is 0 Å². The summed E-state index contributed by atoms with van der Waals surface area (Å²) in [5, 5.41) is 15.1. The van der Waals surface area contributed by atoms with Gasteiger partial charge in [0.15, 0.2) is 0 Å². The zero-order valence-electron chi connectivity index (χ0n) is 15.3. The first-order chi connectivity index (χ1) is 14.0. The third-order valence-electron chi connectivity index (χ3n) is 4.69. The number of benzene rings is 1. The Hall–Kier alpha value is -2.61. The van der Waals surface area contributed by atoms with Crippen LogP contribution in [0.25, 0.3) is 5.76 Å². The van der Waals surface area contributed by atoms with Crippen molar-refractivity contribution in [1.82, 2.24) is 4.90 Å². The van der Waals surface area contributed by atoms with Gasteiger partial charge in [0, 0.05) is 15.3 Å². The molecule has 4 rings (SSSR count). The summed E-state index contributed by atoms with van der Waals surface area (Å²) in [7, 11) is 1.50. The van der Waals surface area contributed by atoms with Crippen LogP contribution in [-0.4, -0.2) is 28.8 Å². The summed E-state index contributed by atoms with van der Waals surface area (Å²) < 4.78 is 5.21. The lowest BCUT2D eigenvalue weighted by Gasteiger charge is -2.23. The fourth-order valence-corrected chi connectivity index (χ4v) is 5.07. The van der Waals surface area contributed by atoms with Gasteiger partial charge >= 0.3 is 0 Å². The molecule has 1 fully saturated rings. The molecule has 3 aromatic rings. The van der Waals surface area contributed by atoms with Crippen molar-refractivity contribution in [2.75, 3.05) is 7.11 Å². The summed E-state index contributed by atoms with van der Waals surface area (Å²) in [5.74, 6) is -1.19. The molecule has 1 N–H and O–H groups in total. The van der Waals surface area contributed by atoms with Gasteiger partial charge in [0.25, 0.3) is 11.7 Å². The number of nitrogens with zero attached hydrogens (tertiary/aromatic N) is 1. The van der Waals surface area contributed by atoms with E-state index in [1.807, 2.05) is 35.0 Å². The molecule has 1 aromatic carbocycles. The van der Waals surface area contributed by atoms with Crippen molar-refractivity contribution in [2.45, 2.75) is 12.6 Å². The third kappa shape index (κ3) is 3.57. The monoisotopic (exact) mass is 445 g/mol. The Bertz CT molecular complexity index is 1090. The average Bonchev–Trinajstić information content (AvgIpc) is 3.47. The highest BCUT2D eigenvalue weighted by molar-refractivity contribution is 7.10. The highest BCUT2D eigenvalue weighted by Crippen LogP contribution is 2.43. The predicted molar refractivity (Wildman–Crippen MR) is 114 cm³/mol. The van der Waals surface area contributed by atoms with Gasteiger partial charge in [-0.2, -0.15) is 0 Å². The molecule has 1 aliphatic heterocycles. The minimum Gasteiger partial charge on any atom is -0.507 e. The van der Waals surface area contributed by atoms with Crippen LogP contribution in [0.2, 0.25) is 5.02 Å². The summed E-state index contributed by atoms with van der Waals surface area (Å²) in [6.07, 6.45) is 0. The van der Waals surface area contributed by atoms with E-state index >= 15 is 0 Å². The van der Waals surface area contributed by atoms with E-state index in [0.29, 0.717) is 5.75 Å². The molecule has 3 heterocycles. The molecular formula is C21H16ClNO4S2. The highest BCUT2D eigenvalue weighted by Gasteiger charge is 2.46. The average molecular weight is 446 g/mol. The van der Waals surface area contributed by atoms with Crippen LogP contribution in [0.1, 0.15) is 21.4 Å². The Morgan fingerprint density at radius 1 is 1.17 bits per heavy atom. The van der Waals surface area contributed by atoms with Crippen LogP contribution < -0.4 is 4.74 Å². The Morgan fingerprint density at radius 3 is 2.59 bits per heavy atom. The number of likely N-dealkylation sites (tertiary alicyclic amines) is 1. The molecule has 1 aliphatic rings. The predicted octanol–water partition coefficient (Wildman–Crippen LogP) is 5.09. The van der Waals surface area contributed by atoms with Crippen molar-refractivity contribution in [1.29, 1.82) is 0 Å². The fourth-order valence-electron chi connectivity index (χ4n) is 3.31. The summed E-state index contributed by atoms with van der Waals surface area (Å²) >= 11 is 9.21. The van der Waals surface area contributed by atoms with Crippen LogP contribution in [0.5, 0.6) is 5.75 Å². The second-order valence-corrected chi connectivity index (χ2v) is 8.79. The number of methoxy groups -OCH3 is 1. The lowest BCUT2D eigenvalue weighted by molar-refractivity contribution is -0.140. The summed E-state index contributed by atoms with van der Waals surface area (Å²) in [4.78, 5) is 29.1. The Labute approximate surface area is 180 Å². The first-order valence-corrected chi connectivity index (χ1v) is 10.8. The highest BCUT2D eigenvalue weighted by atomic mass is 35.5. The largest absolute Gasteiger partial charge is 0.507 e. The van der Waals surface area contributed by atoms with Crippen molar-refractivity contribution < 1.29 is 19.4 Å². The van der Waals surface area contributed by atoms with Gasteiger partial charge in [0.2, 0.25) is 0 Å². The Balaban J connectivity index is 1.87. The zero-order valence-corrected chi connectivity index (χ0v) is 17.7. The molecule has 2 aromatic heterocycles. The third-order valence-corrected chi connectivity index (χ3v) is 6.80. The van der Waals surface area contributed by atoms with E-state index in [1.165, 1.54) is 34.7 Å². The fraction of sp³-hybridized carbons (Fsp3) is 0.143. The number of aliphatic hydroxyl groups excluding tert-OH is 1. The van der Waals surface area contributed by atoms with E-state index < -0.39 is 17.7 Å². The van der Waals surface area contributed by atoms with Gasteiger partial charge in [-0.3, -0.25) is 9.59 Å². The number of carbonyl (C=O) groups is 2. The topological polar surface area (TPSA) is 66.8 Å². The molecule has 1 saturated heterocycles. The van der Waals surface area contributed by atoms with Gasteiger partial charge in [-0.15, -0.1) is 22.7 Å². The van der Waals surface area contributed by atoms with Gasteiger partial charge in [0.1, 0.15) is 17.6 Å². The number of carbonyl (C=O) groups excluding carboxylic acids is 2. The van der Waals surface area contributed by atoms with E-state index in [1.54, 1.807) is 18.2 Å². The Morgan fingerprint density at radius 2 is 1.93 bits per heavy atom. The molecule has 0 radical (unpaired) electrons. The van der Waals surface area contributed by atoms with Gasteiger partial charge in [-0.1, -0.05) is 23.7 Å². The first-order valence-electron chi connectivity index (χ1n) is 8.69. The van der Waals surface area contributed by atoms with Gasteiger partial charge in [-0.05, 0) is 41.1 Å². The van der Waals surface area contributed by atoms with E-state index in [9.17, 15) is 14.7 Å². The SMILES string of the molecule is COc1ccc(Cl)c(/C(O)=C2/C(=O)C(=O)N(Cc3cccs3)C2c2cccs2)c1. The maximum Gasteiger partial charge on any atom is 0.296 e. The molecule has 5 nitrogen and oxygen atoms in total. The van der Waals surface area contributed by atoms with Gasteiger partial charge < -0.3 is 14.7 Å². The minimum absolute atomic E-state index is 0.0316. The van der Waals surface area contributed by atoms with Crippen LogP contribution in [0.4, 0.5) is 0 Å². The molecule has 1 unspecified atom stereocenters. The lowest BCUT2D eigenvalue weighted by atomic mass is 9.99. The van der Waals surface area contributed by atoms with Gasteiger partial charge in [-0.25, -0.2) is 0 Å². The van der Waals surface area contributed by atoms with E-state index in [2.05, 4.69) is 0 Å². The summed E-state index contributed by atoms with van der Waals surface area (Å²) in [5.41, 5.74) is 0.283. The number of rotatable bonds is 5.